The minimum atomic E-state index is 0. The molecule has 1 aliphatic rings. The van der Waals surface area contributed by atoms with Gasteiger partial charge in [0.15, 0.2) is 5.96 Å². The molecule has 1 heterocycles. The van der Waals surface area contributed by atoms with Crippen molar-refractivity contribution in [3.63, 3.8) is 0 Å². The Labute approximate surface area is 174 Å². The van der Waals surface area contributed by atoms with Crippen LogP contribution in [-0.2, 0) is 4.74 Å². The highest BCUT2D eigenvalue weighted by molar-refractivity contribution is 14.0. The van der Waals surface area contributed by atoms with E-state index in [1.54, 1.807) is 21.3 Å². The zero-order valence-electron chi connectivity index (χ0n) is 16.2. The van der Waals surface area contributed by atoms with Crippen LogP contribution < -0.4 is 15.4 Å². The molecule has 26 heavy (non-hydrogen) atoms. The largest absolute Gasteiger partial charge is 0.496 e. The van der Waals surface area contributed by atoms with Crippen LogP contribution in [0.5, 0.6) is 5.75 Å². The summed E-state index contributed by atoms with van der Waals surface area (Å²) in [6.45, 7) is 4.65. The smallest absolute Gasteiger partial charge is 0.191 e. The molecule has 0 amide bonds. The number of benzene rings is 1. The lowest BCUT2D eigenvalue weighted by atomic mass is 10.0. The zero-order chi connectivity index (χ0) is 17.9. The van der Waals surface area contributed by atoms with Crippen molar-refractivity contribution in [1.82, 2.24) is 15.5 Å². The molecule has 6 nitrogen and oxygen atoms in total. The fraction of sp³-hybridized carbons (Fsp3) is 0.632. The summed E-state index contributed by atoms with van der Waals surface area (Å²) in [6.07, 6.45) is 3.48. The molecule has 1 unspecified atom stereocenters. The summed E-state index contributed by atoms with van der Waals surface area (Å²) in [7, 11) is 5.27. The number of likely N-dealkylation sites (tertiary alicyclic amines) is 1. The van der Waals surface area contributed by atoms with Gasteiger partial charge in [0.05, 0.1) is 13.2 Å². The van der Waals surface area contributed by atoms with E-state index in [9.17, 15) is 0 Å². The van der Waals surface area contributed by atoms with Crippen molar-refractivity contribution < 1.29 is 9.47 Å². The highest BCUT2D eigenvalue weighted by Gasteiger charge is 2.25. The van der Waals surface area contributed by atoms with E-state index in [1.807, 2.05) is 12.1 Å². The summed E-state index contributed by atoms with van der Waals surface area (Å²) in [6, 6.07) is 8.58. The minimum absolute atomic E-state index is 0. The first-order valence-electron chi connectivity index (χ1n) is 9.10. The van der Waals surface area contributed by atoms with E-state index in [2.05, 4.69) is 32.7 Å². The third kappa shape index (κ3) is 6.92. The Morgan fingerprint density at radius 1 is 1.19 bits per heavy atom. The maximum atomic E-state index is 5.60. The number of aliphatic imine (C=N–C) groups is 1. The molecule has 1 aromatic carbocycles. The topological polar surface area (TPSA) is 58.1 Å². The highest BCUT2D eigenvalue weighted by atomic mass is 127. The summed E-state index contributed by atoms with van der Waals surface area (Å²) >= 11 is 0. The standard InChI is InChI=1S/C19H32N4O2.HI/c1-20-19(21-11-8-14-24-2)22-15-17(23-12-6-7-13-23)16-9-4-5-10-18(16)25-3;/h4-5,9-10,17H,6-8,11-15H2,1-3H3,(H2,20,21,22);1H. The van der Waals surface area contributed by atoms with Gasteiger partial charge in [-0.15, -0.1) is 24.0 Å². The number of rotatable bonds is 9. The normalized spacial score (nSPS) is 16.0. The Balaban J connectivity index is 0.00000338. The van der Waals surface area contributed by atoms with Crippen LogP contribution in [0, 0.1) is 0 Å². The zero-order valence-corrected chi connectivity index (χ0v) is 18.5. The lowest BCUT2D eigenvalue weighted by Crippen LogP contribution is -2.43. The van der Waals surface area contributed by atoms with Crippen LogP contribution in [0.15, 0.2) is 29.3 Å². The Morgan fingerprint density at radius 2 is 1.92 bits per heavy atom. The minimum Gasteiger partial charge on any atom is -0.496 e. The summed E-state index contributed by atoms with van der Waals surface area (Å²) in [5.41, 5.74) is 1.23. The van der Waals surface area contributed by atoms with Crippen molar-refractivity contribution in [2.45, 2.75) is 25.3 Å². The molecule has 1 saturated heterocycles. The van der Waals surface area contributed by atoms with Crippen molar-refractivity contribution in [3.8, 4) is 5.75 Å². The van der Waals surface area contributed by atoms with Crippen LogP contribution >= 0.6 is 24.0 Å². The maximum absolute atomic E-state index is 5.60. The number of hydrogen-bond donors (Lipinski definition) is 2. The average molecular weight is 476 g/mol. The van der Waals surface area contributed by atoms with E-state index in [4.69, 9.17) is 9.47 Å². The number of halogens is 1. The molecule has 148 valence electrons. The maximum Gasteiger partial charge on any atom is 0.191 e. The molecular formula is C19H33IN4O2. The van der Waals surface area contributed by atoms with E-state index in [0.29, 0.717) is 0 Å². The number of guanidine groups is 1. The van der Waals surface area contributed by atoms with Gasteiger partial charge in [-0.1, -0.05) is 18.2 Å². The van der Waals surface area contributed by atoms with Crippen LogP contribution in [0.25, 0.3) is 0 Å². The number of hydrogen-bond acceptors (Lipinski definition) is 4. The number of methoxy groups -OCH3 is 2. The summed E-state index contributed by atoms with van der Waals surface area (Å²) in [4.78, 5) is 6.86. The molecule has 0 aliphatic carbocycles. The molecule has 7 heteroatoms. The molecule has 2 N–H and O–H groups in total. The number of nitrogens with one attached hydrogen (secondary N) is 2. The van der Waals surface area contributed by atoms with Gasteiger partial charge in [0.2, 0.25) is 0 Å². The molecule has 1 aliphatic heterocycles. The molecule has 1 fully saturated rings. The van der Waals surface area contributed by atoms with Gasteiger partial charge in [0.25, 0.3) is 0 Å². The van der Waals surface area contributed by atoms with E-state index in [1.165, 1.54) is 18.4 Å². The molecule has 0 aromatic heterocycles. The van der Waals surface area contributed by atoms with Gasteiger partial charge in [-0.05, 0) is 38.4 Å². The molecule has 0 radical (unpaired) electrons. The third-order valence-corrected chi connectivity index (χ3v) is 4.58. The van der Waals surface area contributed by atoms with Crippen LogP contribution in [0.4, 0.5) is 0 Å². The Kier molecular flexibility index (Phi) is 11.6. The predicted molar refractivity (Wildman–Crippen MR) is 118 cm³/mol. The van der Waals surface area contributed by atoms with Crippen molar-refractivity contribution in [2.75, 3.05) is 54.1 Å². The first kappa shape index (κ1) is 23.0. The van der Waals surface area contributed by atoms with Gasteiger partial charge in [0.1, 0.15) is 5.75 Å². The van der Waals surface area contributed by atoms with Crippen LogP contribution in [0.1, 0.15) is 30.9 Å². The monoisotopic (exact) mass is 476 g/mol. The number of para-hydroxylation sites is 1. The third-order valence-electron chi connectivity index (χ3n) is 4.58. The van der Waals surface area contributed by atoms with E-state index >= 15 is 0 Å². The molecule has 2 rings (SSSR count). The summed E-state index contributed by atoms with van der Waals surface area (Å²) in [5.74, 6) is 1.78. The van der Waals surface area contributed by atoms with Gasteiger partial charge in [-0.2, -0.15) is 0 Å². The van der Waals surface area contributed by atoms with Gasteiger partial charge in [-0.3, -0.25) is 9.89 Å². The van der Waals surface area contributed by atoms with Crippen molar-refractivity contribution >= 4 is 29.9 Å². The van der Waals surface area contributed by atoms with Gasteiger partial charge in [-0.25, -0.2) is 0 Å². The Hall–Kier alpha value is -1.06. The van der Waals surface area contributed by atoms with Crippen molar-refractivity contribution in [2.24, 2.45) is 4.99 Å². The Morgan fingerprint density at radius 3 is 2.58 bits per heavy atom. The van der Waals surface area contributed by atoms with E-state index < -0.39 is 0 Å². The van der Waals surface area contributed by atoms with Gasteiger partial charge in [0, 0.05) is 39.4 Å². The second kappa shape index (κ2) is 13.2. The lowest BCUT2D eigenvalue weighted by Gasteiger charge is -2.30. The van der Waals surface area contributed by atoms with Crippen molar-refractivity contribution in [1.29, 1.82) is 0 Å². The quantitative estimate of drug-likeness (QED) is 0.249. The predicted octanol–water partition coefficient (Wildman–Crippen LogP) is 2.65. The molecule has 1 aromatic rings. The first-order valence-corrected chi connectivity index (χ1v) is 9.10. The average Bonchev–Trinajstić information content (AvgIpc) is 3.18. The SMILES string of the molecule is CN=C(NCCCOC)NCC(c1ccccc1OC)N1CCCC1.I. The summed E-state index contributed by atoms with van der Waals surface area (Å²) in [5, 5.41) is 6.81. The van der Waals surface area contributed by atoms with Gasteiger partial charge < -0.3 is 20.1 Å². The van der Waals surface area contributed by atoms with E-state index in [0.717, 1.165) is 50.9 Å². The second-order valence-electron chi connectivity index (χ2n) is 6.23. The number of nitrogens with zero attached hydrogens (tertiary/aromatic N) is 2. The lowest BCUT2D eigenvalue weighted by molar-refractivity contribution is 0.195. The fourth-order valence-corrected chi connectivity index (χ4v) is 3.27. The van der Waals surface area contributed by atoms with Crippen LogP contribution in [0.3, 0.4) is 0 Å². The summed E-state index contributed by atoms with van der Waals surface area (Å²) < 4.78 is 10.7. The molecular weight excluding hydrogens is 443 g/mol. The Bertz CT molecular complexity index is 536. The van der Waals surface area contributed by atoms with Gasteiger partial charge >= 0.3 is 0 Å². The molecule has 0 bridgehead atoms. The molecule has 1 atom stereocenters. The van der Waals surface area contributed by atoms with Crippen LogP contribution in [0.2, 0.25) is 0 Å². The van der Waals surface area contributed by atoms with E-state index in [-0.39, 0.29) is 30.0 Å². The van der Waals surface area contributed by atoms with Crippen molar-refractivity contribution in [3.05, 3.63) is 29.8 Å². The highest BCUT2D eigenvalue weighted by Crippen LogP contribution is 2.31. The second-order valence-corrected chi connectivity index (χ2v) is 6.23. The number of ether oxygens (including phenoxy) is 2. The fourth-order valence-electron chi connectivity index (χ4n) is 3.27. The van der Waals surface area contributed by atoms with Crippen LogP contribution in [-0.4, -0.2) is 64.9 Å². The molecule has 0 spiro atoms. The first-order chi connectivity index (χ1) is 12.3. The molecule has 0 saturated carbocycles.